The summed E-state index contributed by atoms with van der Waals surface area (Å²) in [6.07, 6.45) is 0. The van der Waals surface area contributed by atoms with Gasteiger partial charge in [0.15, 0.2) is 0 Å². The van der Waals surface area contributed by atoms with E-state index < -0.39 is 0 Å². The van der Waals surface area contributed by atoms with Gasteiger partial charge in [0.25, 0.3) is 5.91 Å². The molecule has 0 aromatic carbocycles. The van der Waals surface area contributed by atoms with Crippen molar-refractivity contribution in [1.29, 1.82) is 0 Å². The Kier molecular flexibility index (Phi) is 5.09. The third-order valence-corrected chi connectivity index (χ3v) is 3.78. The number of hydrogen-bond donors (Lipinski definition) is 1. The molecule has 2 aromatic rings. The first kappa shape index (κ1) is 15.2. The summed E-state index contributed by atoms with van der Waals surface area (Å²) in [4.78, 5) is 19.2. The highest BCUT2D eigenvalue weighted by Crippen LogP contribution is 2.18. The molecule has 0 aliphatic heterocycles. The van der Waals surface area contributed by atoms with E-state index in [1.807, 2.05) is 36.6 Å². The Balaban J connectivity index is 2.14. The Morgan fingerprint density at radius 3 is 2.95 bits per heavy atom. The molecule has 0 saturated carbocycles. The number of pyridine rings is 1. The molecule has 0 bridgehead atoms. The zero-order valence-electron chi connectivity index (χ0n) is 12.1. The summed E-state index contributed by atoms with van der Waals surface area (Å²) < 4.78 is 0. The van der Waals surface area contributed by atoms with E-state index in [1.165, 1.54) is 11.3 Å². The van der Waals surface area contributed by atoms with Gasteiger partial charge in [-0.3, -0.25) is 9.78 Å². The maximum absolute atomic E-state index is 12.5. The molecule has 1 amide bonds. The molecule has 0 saturated heterocycles. The highest BCUT2D eigenvalue weighted by molar-refractivity contribution is 7.12. The van der Waals surface area contributed by atoms with Crippen LogP contribution in [0.15, 0.2) is 29.6 Å². The van der Waals surface area contributed by atoms with Crippen LogP contribution in [-0.4, -0.2) is 29.4 Å². The summed E-state index contributed by atoms with van der Waals surface area (Å²) in [5, 5.41) is 1.87. The minimum absolute atomic E-state index is 0.0466. The van der Waals surface area contributed by atoms with Gasteiger partial charge >= 0.3 is 0 Å². The molecule has 0 unspecified atom stereocenters. The Morgan fingerprint density at radius 1 is 1.43 bits per heavy atom. The Bertz CT molecular complexity index is 697. The maximum atomic E-state index is 12.5. The van der Waals surface area contributed by atoms with Gasteiger partial charge in [-0.1, -0.05) is 17.9 Å². The van der Waals surface area contributed by atoms with Crippen LogP contribution in [0.2, 0.25) is 0 Å². The number of amides is 1. The third-order valence-electron chi connectivity index (χ3n) is 2.88. The van der Waals surface area contributed by atoms with Crippen LogP contribution in [0.3, 0.4) is 0 Å². The van der Waals surface area contributed by atoms with E-state index in [2.05, 4.69) is 16.8 Å². The number of thiophene rings is 1. The lowest BCUT2D eigenvalue weighted by atomic mass is 10.2. The van der Waals surface area contributed by atoms with Crippen molar-refractivity contribution in [2.75, 3.05) is 13.6 Å². The van der Waals surface area contributed by atoms with Gasteiger partial charge in [-0.15, -0.1) is 11.3 Å². The van der Waals surface area contributed by atoms with Crippen LogP contribution in [0.1, 0.15) is 26.6 Å². The van der Waals surface area contributed by atoms with Crippen LogP contribution in [-0.2, 0) is 6.54 Å². The molecule has 0 atom stereocenters. The SMILES string of the molecule is Cc1cccc(CN(C)C(=O)c2sccc2C#CCN)n1. The molecule has 0 aliphatic rings. The van der Waals surface area contributed by atoms with Crippen molar-refractivity contribution in [3.05, 3.63) is 51.5 Å². The molecule has 5 heteroatoms. The molecule has 2 aromatic heterocycles. The summed E-state index contributed by atoms with van der Waals surface area (Å²) in [7, 11) is 1.77. The normalized spacial score (nSPS) is 9.86. The van der Waals surface area contributed by atoms with Crippen LogP contribution >= 0.6 is 11.3 Å². The third kappa shape index (κ3) is 3.91. The van der Waals surface area contributed by atoms with Gasteiger partial charge in [-0.25, -0.2) is 0 Å². The van der Waals surface area contributed by atoms with Crippen LogP contribution in [0.5, 0.6) is 0 Å². The molecule has 0 radical (unpaired) electrons. The van der Waals surface area contributed by atoms with Crippen molar-refractivity contribution in [3.63, 3.8) is 0 Å². The first-order valence-electron chi connectivity index (χ1n) is 6.56. The highest BCUT2D eigenvalue weighted by atomic mass is 32.1. The van der Waals surface area contributed by atoms with Gasteiger partial charge < -0.3 is 10.6 Å². The van der Waals surface area contributed by atoms with Gasteiger partial charge in [-0.05, 0) is 30.5 Å². The molecule has 4 nitrogen and oxygen atoms in total. The van der Waals surface area contributed by atoms with E-state index in [0.717, 1.165) is 17.0 Å². The molecule has 0 aliphatic carbocycles. The van der Waals surface area contributed by atoms with Gasteiger partial charge in [0.05, 0.1) is 18.8 Å². The summed E-state index contributed by atoms with van der Waals surface area (Å²) in [6, 6.07) is 7.64. The number of aryl methyl sites for hydroxylation is 1. The number of nitrogens with zero attached hydrogens (tertiary/aromatic N) is 2. The summed E-state index contributed by atoms with van der Waals surface area (Å²) in [5.74, 6) is 5.67. The topological polar surface area (TPSA) is 59.2 Å². The number of nitrogens with two attached hydrogens (primary N) is 1. The van der Waals surface area contributed by atoms with E-state index in [0.29, 0.717) is 11.4 Å². The minimum Gasteiger partial charge on any atom is -0.335 e. The molecule has 0 fully saturated rings. The van der Waals surface area contributed by atoms with Gasteiger partial charge in [-0.2, -0.15) is 0 Å². The molecule has 108 valence electrons. The Hall–Kier alpha value is -2.16. The van der Waals surface area contributed by atoms with Crippen molar-refractivity contribution in [3.8, 4) is 11.8 Å². The fourth-order valence-electron chi connectivity index (χ4n) is 1.90. The highest BCUT2D eigenvalue weighted by Gasteiger charge is 2.17. The second-order valence-electron chi connectivity index (χ2n) is 4.60. The lowest BCUT2D eigenvalue weighted by molar-refractivity contribution is 0.0788. The predicted octanol–water partition coefficient (Wildman–Crippen LogP) is 2.03. The van der Waals surface area contributed by atoms with E-state index in [4.69, 9.17) is 5.73 Å². The molecule has 21 heavy (non-hydrogen) atoms. The van der Waals surface area contributed by atoms with Gasteiger partial charge in [0, 0.05) is 18.3 Å². The van der Waals surface area contributed by atoms with Crippen LogP contribution in [0, 0.1) is 18.8 Å². The first-order valence-corrected chi connectivity index (χ1v) is 7.44. The average Bonchev–Trinajstić information content (AvgIpc) is 2.92. The van der Waals surface area contributed by atoms with Gasteiger partial charge in [0.2, 0.25) is 0 Å². The average molecular weight is 299 g/mol. The molecule has 0 spiro atoms. The molecular formula is C16H17N3OS. The molecule has 2 N–H and O–H groups in total. The zero-order chi connectivity index (χ0) is 15.2. The quantitative estimate of drug-likeness (QED) is 0.882. The summed E-state index contributed by atoms with van der Waals surface area (Å²) >= 11 is 1.40. The van der Waals surface area contributed by atoms with Crippen molar-refractivity contribution in [1.82, 2.24) is 9.88 Å². The number of aromatic nitrogens is 1. The fraction of sp³-hybridized carbons (Fsp3) is 0.250. The van der Waals surface area contributed by atoms with Crippen LogP contribution < -0.4 is 5.73 Å². The minimum atomic E-state index is -0.0466. The van der Waals surface area contributed by atoms with Crippen LogP contribution in [0.25, 0.3) is 0 Å². The largest absolute Gasteiger partial charge is 0.335 e. The van der Waals surface area contributed by atoms with Crippen LogP contribution in [0.4, 0.5) is 0 Å². The standard InChI is InChI=1S/C16H17N3OS/c1-12-5-3-7-14(18-12)11-19(2)16(20)15-13(6-4-9-17)8-10-21-15/h3,5,7-8,10H,9,11,17H2,1-2H3. The predicted molar refractivity (Wildman–Crippen MR) is 85.0 cm³/mol. The summed E-state index contributed by atoms with van der Waals surface area (Å²) in [6.45, 7) is 2.69. The smallest absolute Gasteiger partial charge is 0.265 e. The number of carbonyl (C=O) groups is 1. The number of carbonyl (C=O) groups excluding carboxylic acids is 1. The van der Waals surface area contributed by atoms with E-state index in [1.54, 1.807) is 11.9 Å². The van der Waals surface area contributed by atoms with Gasteiger partial charge in [0.1, 0.15) is 4.88 Å². The number of rotatable bonds is 3. The van der Waals surface area contributed by atoms with E-state index in [9.17, 15) is 4.79 Å². The van der Waals surface area contributed by atoms with Crippen molar-refractivity contribution < 1.29 is 4.79 Å². The van der Waals surface area contributed by atoms with Crippen molar-refractivity contribution in [2.24, 2.45) is 5.73 Å². The molecule has 2 heterocycles. The Labute approximate surface area is 128 Å². The lowest BCUT2D eigenvalue weighted by Crippen LogP contribution is -2.26. The molecular weight excluding hydrogens is 282 g/mol. The summed E-state index contributed by atoms with van der Waals surface area (Å²) in [5.41, 5.74) is 7.92. The first-order chi connectivity index (χ1) is 10.1. The second-order valence-corrected chi connectivity index (χ2v) is 5.52. The van der Waals surface area contributed by atoms with E-state index in [-0.39, 0.29) is 12.5 Å². The number of hydrogen-bond acceptors (Lipinski definition) is 4. The Morgan fingerprint density at radius 2 is 2.24 bits per heavy atom. The van der Waals surface area contributed by atoms with Crippen molar-refractivity contribution in [2.45, 2.75) is 13.5 Å². The molecule has 2 rings (SSSR count). The monoisotopic (exact) mass is 299 g/mol. The maximum Gasteiger partial charge on any atom is 0.265 e. The zero-order valence-corrected chi connectivity index (χ0v) is 12.9. The second kappa shape index (κ2) is 7.02. The lowest BCUT2D eigenvalue weighted by Gasteiger charge is -2.16. The fourth-order valence-corrected chi connectivity index (χ4v) is 2.74. The van der Waals surface area contributed by atoms with Crippen molar-refractivity contribution >= 4 is 17.2 Å². The van der Waals surface area contributed by atoms with E-state index >= 15 is 0 Å².